The molecule has 3 rings (SSSR count). The van der Waals surface area contributed by atoms with Gasteiger partial charge in [0.15, 0.2) is 0 Å². The highest BCUT2D eigenvalue weighted by Crippen LogP contribution is 2.07. The van der Waals surface area contributed by atoms with Gasteiger partial charge in [0.25, 0.3) is 0 Å². The summed E-state index contributed by atoms with van der Waals surface area (Å²) >= 11 is 1.63. The third-order valence-corrected chi connectivity index (χ3v) is 4.17. The maximum atomic E-state index is 11.8. The predicted molar refractivity (Wildman–Crippen MR) is 89.0 cm³/mol. The van der Waals surface area contributed by atoms with E-state index in [-0.39, 0.29) is 6.03 Å². The van der Waals surface area contributed by atoms with Crippen LogP contribution in [0.1, 0.15) is 16.0 Å². The smallest absolute Gasteiger partial charge is 0.315 e. The molecule has 0 aliphatic heterocycles. The van der Waals surface area contributed by atoms with Gasteiger partial charge in [-0.3, -0.25) is 0 Å². The van der Waals surface area contributed by atoms with E-state index in [2.05, 4.69) is 20.7 Å². The molecule has 23 heavy (non-hydrogen) atoms. The van der Waals surface area contributed by atoms with Crippen molar-refractivity contribution in [2.75, 3.05) is 0 Å². The summed E-state index contributed by atoms with van der Waals surface area (Å²) in [6, 6.07) is 11.9. The van der Waals surface area contributed by atoms with E-state index in [1.54, 1.807) is 22.3 Å². The predicted octanol–water partition coefficient (Wildman–Crippen LogP) is 2.39. The Labute approximate surface area is 138 Å². The number of nitrogens with zero attached hydrogens (tertiary/aromatic N) is 3. The molecule has 0 saturated carbocycles. The van der Waals surface area contributed by atoms with Gasteiger partial charge < -0.3 is 10.6 Å². The van der Waals surface area contributed by atoms with Crippen molar-refractivity contribution in [2.45, 2.75) is 19.6 Å². The van der Waals surface area contributed by atoms with Gasteiger partial charge in [-0.2, -0.15) is 5.10 Å². The number of carbonyl (C=O) groups excluding carboxylic acids is 1. The zero-order valence-electron chi connectivity index (χ0n) is 12.5. The van der Waals surface area contributed by atoms with Crippen LogP contribution in [-0.4, -0.2) is 20.8 Å². The van der Waals surface area contributed by atoms with Gasteiger partial charge in [-0.1, -0.05) is 30.3 Å². The third-order valence-electron chi connectivity index (χ3n) is 3.29. The van der Waals surface area contributed by atoms with Crippen LogP contribution in [-0.2, 0) is 19.6 Å². The summed E-state index contributed by atoms with van der Waals surface area (Å²) < 4.78 is 1.77. The highest BCUT2D eigenvalue weighted by Gasteiger charge is 2.02. The molecule has 0 unspecified atom stereocenters. The minimum Gasteiger partial charge on any atom is -0.334 e. The largest absolute Gasteiger partial charge is 0.334 e. The molecule has 0 aliphatic carbocycles. The number of thiophene rings is 1. The summed E-state index contributed by atoms with van der Waals surface area (Å²) in [5.74, 6) is 0. The number of benzene rings is 1. The monoisotopic (exact) mass is 327 g/mol. The molecule has 0 aliphatic rings. The second-order valence-corrected chi connectivity index (χ2v) is 6.06. The minimum atomic E-state index is -0.162. The van der Waals surface area contributed by atoms with Crippen LogP contribution in [0.4, 0.5) is 4.79 Å². The third kappa shape index (κ3) is 4.65. The molecule has 1 aromatic carbocycles. The number of carbonyl (C=O) groups is 1. The van der Waals surface area contributed by atoms with E-state index in [1.165, 1.54) is 6.33 Å². The summed E-state index contributed by atoms with van der Waals surface area (Å²) in [6.07, 6.45) is 3.21. The number of urea groups is 1. The summed E-state index contributed by atoms with van der Waals surface area (Å²) in [5, 5.41) is 11.8. The molecule has 0 spiro atoms. The zero-order valence-corrected chi connectivity index (χ0v) is 13.3. The topological polar surface area (TPSA) is 71.8 Å². The van der Waals surface area contributed by atoms with E-state index in [9.17, 15) is 4.79 Å². The maximum absolute atomic E-state index is 11.8. The Kier molecular flexibility index (Phi) is 5.00. The fourth-order valence-electron chi connectivity index (χ4n) is 2.09. The molecule has 6 nitrogen and oxygen atoms in total. The lowest BCUT2D eigenvalue weighted by Gasteiger charge is -2.08. The first-order valence-electron chi connectivity index (χ1n) is 7.24. The highest BCUT2D eigenvalue weighted by molar-refractivity contribution is 7.09. The fraction of sp³-hybridized carbons (Fsp3) is 0.188. The van der Waals surface area contributed by atoms with Gasteiger partial charge >= 0.3 is 6.03 Å². The second-order valence-electron chi connectivity index (χ2n) is 5.03. The van der Waals surface area contributed by atoms with Gasteiger partial charge in [-0.15, -0.1) is 11.3 Å². The van der Waals surface area contributed by atoms with Crippen molar-refractivity contribution in [2.24, 2.45) is 0 Å². The normalized spacial score (nSPS) is 10.4. The summed E-state index contributed by atoms with van der Waals surface area (Å²) in [5.41, 5.74) is 2.19. The molecule has 0 fully saturated rings. The van der Waals surface area contributed by atoms with Crippen LogP contribution >= 0.6 is 11.3 Å². The molecule has 0 saturated heterocycles. The number of amides is 2. The molecule has 0 atom stereocenters. The minimum absolute atomic E-state index is 0.162. The summed E-state index contributed by atoms with van der Waals surface area (Å²) in [6.45, 7) is 1.75. The van der Waals surface area contributed by atoms with Gasteiger partial charge in [0, 0.05) is 11.4 Å². The lowest BCUT2D eigenvalue weighted by molar-refractivity contribution is 0.240. The Morgan fingerprint density at radius 2 is 1.87 bits per heavy atom. The van der Waals surface area contributed by atoms with Crippen molar-refractivity contribution >= 4 is 17.4 Å². The van der Waals surface area contributed by atoms with E-state index >= 15 is 0 Å². The van der Waals surface area contributed by atoms with Crippen LogP contribution in [0.15, 0.2) is 54.4 Å². The van der Waals surface area contributed by atoms with Crippen LogP contribution in [0, 0.1) is 0 Å². The molecular formula is C16H17N5OS. The van der Waals surface area contributed by atoms with Crippen molar-refractivity contribution in [3.05, 3.63) is 70.4 Å². The first-order valence-corrected chi connectivity index (χ1v) is 8.12. The van der Waals surface area contributed by atoms with Gasteiger partial charge in [-0.25, -0.2) is 14.5 Å². The quantitative estimate of drug-likeness (QED) is 0.730. The van der Waals surface area contributed by atoms with E-state index in [4.69, 9.17) is 0 Å². The molecule has 118 valence electrons. The number of rotatable bonds is 6. The summed E-state index contributed by atoms with van der Waals surface area (Å²) in [4.78, 5) is 16.8. The number of nitrogens with one attached hydrogen (secondary N) is 2. The second kappa shape index (κ2) is 7.55. The van der Waals surface area contributed by atoms with Crippen molar-refractivity contribution in [3.63, 3.8) is 0 Å². The molecule has 7 heteroatoms. The Morgan fingerprint density at radius 1 is 1.09 bits per heavy atom. The van der Waals surface area contributed by atoms with E-state index in [0.717, 1.165) is 16.0 Å². The van der Waals surface area contributed by atoms with Gasteiger partial charge in [-0.05, 0) is 22.6 Å². The Bertz CT molecular complexity index is 722. The van der Waals surface area contributed by atoms with Crippen LogP contribution in [0.25, 0.3) is 0 Å². The first-order chi connectivity index (χ1) is 11.3. The number of aromatic nitrogens is 3. The average molecular weight is 327 g/mol. The molecule has 2 aromatic heterocycles. The lowest BCUT2D eigenvalue weighted by Crippen LogP contribution is -2.34. The van der Waals surface area contributed by atoms with Crippen LogP contribution in [0.5, 0.6) is 0 Å². The van der Waals surface area contributed by atoms with Crippen LogP contribution in [0.3, 0.4) is 0 Å². The van der Waals surface area contributed by atoms with Gasteiger partial charge in [0.05, 0.1) is 13.1 Å². The molecule has 3 aromatic rings. The first kappa shape index (κ1) is 15.2. The van der Waals surface area contributed by atoms with Crippen molar-refractivity contribution < 1.29 is 4.79 Å². The lowest BCUT2D eigenvalue weighted by atomic mass is 10.1. The molecule has 0 radical (unpaired) electrons. The maximum Gasteiger partial charge on any atom is 0.315 e. The van der Waals surface area contributed by atoms with Crippen LogP contribution < -0.4 is 10.6 Å². The Morgan fingerprint density at radius 3 is 2.57 bits per heavy atom. The van der Waals surface area contributed by atoms with E-state index < -0.39 is 0 Å². The van der Waals surface area contributed by atoms with Crippen molar-refractivity contribution in [1.29, 1.82) is 0 Å². The Hall–Kier alpha value is -2.67. The van der Waals surface area contributed by atoms with Crippen molar-refractivity contribution in [3.8, 4) is 0 Å². The molecular weight excluding hydrogens is 310 g/mol. The standard InChI is InChI=1S/C16H17N5OS/c22-16(19-9-15-2-1-7-23-15)18-8-13-3-5-14(6-4-13)10-21-12-17-11-20-21/h1-7,11-12H,8-10H2,(H2,18,19,22). The van der Waals surface area contributed by atoms with Crippen molar-refractivity contribution in [1.82, 2.24) is 25.4 Å². The number of hydrogen-bond donors (Lipinski definition) is 2. The van der Waals surface area contributed by atoms with Gasteiger partial charge in [0.2, 0.25) is 0 Å². The molecule has 0 bridgehead atoms. The highest BCUT2D eigenvalue weighted by atomic mass is 32.1. The molecule has 2 heterocycles. The molecule has 2 N–H and O–H groups in total. The average Bonchev–Trinajstić information content (AvgIpc) is 3.26. The van der Waals surface area contributed by atoms with E-state index in [1.807, 2.05) is 41.8 Å². The SMILES string of the molecule is O=C(NCc1ccc(Cn2cncn2)cc1)NCc1cccs1. The fourth-order valence-corrected chi connectivity index (χ4v) is 2.73. The molecule has 2 amide bonds. The van der Waals surface area contributed by atoms with E-state index in [0.29, 0.717) is 19.6 Å². The van der Waals surface area contributed by atoms with Crippen LogP contribution in [0.2, 0.25) is 0 Å². The van der Waals surface area contributed by atoms with Gasteiger partial charge in [0.1, 0.15) is 12.7 Å². The Balaban J connectivity index is 1.43. The number of hydrogen-bond acceptors (Lipinski definition) is 4. The zero-order chi connectivity index (χ0) is 15.9. The summed E-state index contributed by atoms with van der Waals surface area (Å²) in [7, 11) is 0.